The lowest BCUT2D eigenvalue weighted by molar-refractivity contribution is 0.655. The molecule has 0 aliphatic rings. The van der Waals surface area contributed by atoms with Crippen LogP contribution in [0.4, 0.5) is 0 Å². The maximum absolute atomic E-state index is 6.00. The lowest BCUT2D eigenvalue weighted by atomic mass is 10.1. The number of hydrogen-bond donors (Lipinski definition) is 0. The first-order chi connectivity index (χ1) is 11.4. The molecule has 0 saturated carbocycles. The summed E-state index contributed by atoms with van der Waals surface area (Å²) in [4.78, 5) is 9.10. The van der Waals surface area contributed by atoms with E-state index in [1.165, 1.54) is 0 Å². The van der Waals surface area contributed by atoms with E-state index in [-0.39, 0.29) is 0 Å². The van der Waals surface area contributed by atoms with Gasteiger partial charge in [0.25, 0.3) is 0 Å². The molecule has 23 heavy (non-hydrogen) atoms. The highest BCUT2D eigenvalue weighted by Gasteiger charge is 2.13. The van der Waals surface area contributed by atoms with Gasteiger partial charge in [0.05, 0.1) is 11.2 Å². The zero-order valence-electron chi connectivity index (χ0n) is 12.2. The Labute approximate surface area is 132 Å². The SMILES string of the molecule is c1ccc2nc(-c3cccc4c3oc3ncccc34)ccc2c1. The smallest absolute Gasteiger partial charge is 0.227 e. The molecule has 108 valence electrons. The van der Waals surface area contributed by atoms with Crippen LogP contribution in [0.15, 0.2) is 77.3 Å². The summed E-state index contributed by atoms with van der Waals surface area (Å²) in [6.45, 7) is 0. The van der Waals surface area contributed by atoms with Crippen LogP contribution in [0.5, 0.6) is 0 Å². The van der Waals surface area contributed by atoms with Crippen molar-refractivity contribution in [3.63, 3.8) is 0 Å². The van der Waals surface area contributed by atoms with Crippen molar-refractivity contribution in [2.75, 3.05) is 0 Å². The molecule has 3 heterocycles. The average Bonchev–Trinajstić information content (AvgIpc) is 3.00. The van der Waals surface area contributed by atoms with Crippen molar-refractivity contribution in [2.24, 2.45) is 0 Å². The van der Waals surface area contributed by atoms with Crippen LogP contribution in [0.25, 0.3) is 44.2 Å². The molecule has 3 heteroatoms. The predicted molar refractivity (Wildman–Crippen MR) is 92.3 cm³/mol. The molecule has 0 unspecified atom stereocenters. The van der Waals surface area contributed by atoms with Crippen LogP contribution < -0.4 is 0 Å². The van der Waals surface area contributed by atoms with E-state index >= 15 is 0 Å². The highest BCUT2D eigenvalue weighted by atomic mass is 16.3. The van der Waals surface area contributed by atoms with E-state index in [4.69, 9.17) is 9.40 Å². The molecule has 0 bridgehead atoms. The summed E-state index contributed by atoms with van der Waals surface area (Å²) in [6, 6.07) is 22.4. The molecule has 0 fully saturated rings. The second-order valence-corrected chi connectivity index (χ2v) is 5.53. The molecule has 0 aliphatic carbocycles. The fraction of sp³-hybridized carbons (Fsp3) is 0. The summed E-state index contributed by atoms with van der Waals surface area (Å²) in [5, 5.41) is 3.24. The first kappa shape index (κ1) is 12.4. The van der Waals surface area contributed by atoms with Crippen molar-refractivity contribution < 1.29 is 4.42 Å². The van der Waals surface area contributed by atoms with Gasteiger partial charge in [-0.1, -0.05) is 36.4 Å². The maximum atomic E-state index is 6.00. The minimum Gasteiger partial charge on any atom is -0.437 e. The number of hydrogen-bond acceptors (Lipinski definition) is 3. The summed E-state index contributed by atoms with van der Waals surface area (Å²) >= 11 is 0. The number of benzene rings is 2. The Morgan fingerprint density at radius 3 is 2.65 bits per heavy atom. The summed E-state index contributed by atoms with van der Waals surface area (Å²) in [5.74, 6) is 0. The number of aromatic nitrogens is 2. The summed E-state index contributed by atoms with van der Waals surface area (Å²) < 4.78 is 6.00. The lowest BCUT2D eigenvalue weighted by Crippen LogP contribution is -1.85. The van der Waals surface area contributed by atoms with Gasteiger partial charge in [-0.25, -0.2) is 9.97 Å². The van der Waals surface area contributed by atoms with Crippen molar-refractivity contribution in [3.05, 3.63) is 72.9 Å². The molecule has 0 radical (unpaired) electrons. The average molecular weight is 296 g/mol. The number of furan rings is 1. The van der Waals surface area contributed by atoms with E-state index in [1.807, 2.05) is 48.5 Å². The molecule has 0 saturated heterocycles. The Bertz CT molecular complexity index is 1170. The van der Waals surface area contributed by atoms with Crippen LogP contribution in [0.3, 0.4) is 0 Å². The number of fused-ring (bicyclic) bond motifs is 4. The Morgan fingerprint density at radius 1 is 0.739 bits per heavy atom. The molecule has 0 amide bonds. The van der Waals surface area contributed by atoms with Crippen molar-refractivity contribution in [1.29, 1.82) is 0 Å². The van der Waals surface area contributed by atoms with E-state index in [0.717, 1.165) is 38.5 Å². The molecule has 0 atom stereocenters. The Hall–Kier alpha value is -3.20. The van der Waals surface area contributed by atoms with Crippen LogP contribution in [0.2, 0.25) is 0 Å². The molecule has 3 nitrogen and oxygen atoms in total. The summed E-state index contributed by atoms with van der Waals surface area (Å²) in [6.07, 6.45) is 1.75. The van der Waals surface area contributed by atoms with Gasteiger partial charge < -0.3 is 4.42 Å². The van der Waals surface area contributed by atoms with E-state index < -0.39 is 0 Å². The van der Waals surface area contributed by atoms with Gasteiger partial charge in [0.1, 0.15) is 5.58 Å². The van der Waals surface area contributed by atoms with Gasteiger partial charge >= 0.3 is 0 Å². The van der Waals surface area contributed by atoms with Gasteiger partial charge in [-0.15, -0.1) is 0 Å². The third-order valence-electron chi connectivity index (χ3n) is 4.15. The van der Waals surface area contributed by atoms with Crippen LogP contribution in [-0.2, 0) is 0 Å². The first-order valence-electron chi connectivity index (χ1n) is 7.52. The van der Waals surface area contributed by atoms with Crippen molar-refractivity contribution in [1.82, 2.24) is 9.97 Å². The summed E-state index contributed by atoms with van der Waals surface area (Å²) in [7, 11) is 0. The molecule has 5 aromatic rings. The highest BCUT2D eigenvalue weighted by Crippen LogP contribution is 2.34. The monoisotopic (exact) mass is 296 g/mol. The third-order valence-corrected chi connectivity index (χ3v) is 4.15. The van der Waals surface area contributed by atoms with Crippen molar-refractivity contribution in [3.8, 4) is 11.3 Å². The van der Waals surface area contributed by atoms with Gasteiger partial charge in [-0.2, -0.15) is 0 Å². The van der Waals surface area contributed by atoms with Crippen LogP contribution in [-0.4, -0.2) is 9.97 Å². The Kier molecular flexibility index (Phi) is 2.50. The predicted octanol–water partition coefficient (Wildman–Crippen LogP) is 5.20. The minimum absolute atomic E-state index is 0.663. The fourth-order valence-corrected chi connectivity index (χ4v) is 3.05. The van der Waals surface area contributed by atoms with Crippen LogP contribution in [0.1, 0.15) is 0 Å². The molecule has 0 spiro atoms. The molecule has 0 N–H and O–H groups in total. The Morgan fingerprint density at radius 2 is 1.65 bits per heavy atom. The van der Waals surface area contributed by atoms with E-state index in [0.29, 0.717) is 5.71 Å². The van der Waals surface area contributed by atoms with Crippen LogP contribution >= 0.6 is 0 Å². The molecular weight excluding hydrogens is 284 g/mol. The van der Waals surface area contributed by atoms with Gasteiger partial charge in [-0.05, 0) is 30.3 Å². The molecule has 3 aromatic heterocycles. The second-order valence-electron chi connectivity index (χ2n) is 5.53. The van der Waals surface area contributed by atoms with Gasteiger partial charge in [0, 0.05) is 27.9 Å². The van der Waals surface area contributed by atoms with Gasteiger partial charge in [0.2, 0.25) is 5.71 Å². The Balaban J connectivity index is 1.84. The molecule has 0 aliphatic heterocycles. The van der Waals surface area contributed by atoms with E-state index in [9.17, 15) is 0 Å². The van der Waals surface area contributed by atoms with Crippen molar-refractivity contribution >= 4 is 33.0 Å². The largest absolute Gasteiger partial charge is 0.437 e. The number of para-hydroxylation sites is 2. The standard InChI is InChI=1S/C20H12N2O/c1-2-9-17-13(5-1)10-11-18(22-17)16-7-3-6-14-15-8-4-12-21-20(15)23-19(14)16/h1-12H. The third kappa shape index (κ3) is 1.83. The van der Waals surface area contributed by atoms with Crippen LogP contribution in [0, 0.1) is 0 Å². The topological polar surface area (TPSA) is 38.9 Å². The second kappa shape index (κ2) is 4.65. The van der Waals surface area contributed by atoms with E-state index in [2.05, 4.69) is 23.2 Å². The number of nitrogens with zero attached hydrogens (tertiary/aromatic N) is 2. The zero-order chi connectivity index (χ0) is 15.2. The van der Waals surface area contributed by atoms with Gasteiger partial charge in [-0.3, -0.25) is 0 Å². The summed E-state index contributed by atoms with van der Waals surface area (Å²) in [5.41, 5.74) is 4.38. The normalized spacial score (nSPS) is 11.5. The van der Waals surface area contributed by atoms with E-state index in [1.54, 1.807) is 6.20 Å². The first-order valence-corrected chi connectivity index (χ1v) is 7.52. The minimum atomic E-state index is 0.663. The lowest BCUT2D eigenvalue weighted by Gasteiger charge is -2.04. The quantitative estimate of drug-likeness (QED) is 0.427. The fourth-order valence-electron chi connectivity index (χ4n) is 3.05. The highest BCUT2D eigenvalue weighted by molar-refractivity contribution is 6.08. The molecule has 2 aromatic carbocycles. The molecule has 5 rings (SSSR count). The maximum Gasteiger partial charge on any atom is 0.227 e. The number of rotatable bonds is 1. The van der Waals surface area contributed by atoms with Gasteiger partial charge in [0.15, 0.2) is 0 Å². The van der Waals surface area contributed by atoms with Crippen molar-refractivity contribution in [2.45, 2.75) is 0 Å². The zero-order valence-corrected chi connectivity index (χ0v) is 12.2. The number of pyridine rings is 2. The molecular formula is C20H12N2O.